The summed E-state index contributed by atoms with van der Waals surface area (Å²) in [5.74, 6) is 0.305. The number of hydrogen-bond donors (Lipinski definition) is 3. The largest absolute Gasteiger partial charge is 0.497 e. The first-order valence-corrected chi connectivity index (χ1v) is 18.3. The highest BCUT2D eigenvalue weighted by molar-refractivity contribution is 7.91. The lowest BCUT2D eigenvalue weighted by molar-refractivity contribution is -0.00832. The number of rotatable bonds is 9. The van der Waals surface area contributed by atoms with Gasteiger partial charge in [0.1, 0.15) is 15.7 Å². The van der Waals surface area contributed by atoms with Gasteiger partial charge in [0, 0.05) is 44.0 Å². The number of nitrogens with one attached hydrogen (secondary N) is 2. The molecule has 1 aliphatic rings. The fraction of sp³-hybridized carbons (Fsp3) is 0.471. The molecular weight excluding hydrogens is 657 g/mol. The topological polar surface area (TPSA) is 147 Å². The summed E-state index contributed by atoms with van der Waals surface area (Å²) in [5, 5.41) is 17.5. The SMILES string of the molecule is COc1ccc(NC(=O)Nc2ccc3c(c2)C(=O)N([C@H](C)CO)C[C@@H](C)[C@H](CN(C)S(=O)(=O)c2cccs2)OCCCC[C@@H](C)O3)cc1. The van der Waals surface area contributed by atoms with Crippen LogP contribution in [0.1, 0.15) is 50.4 Å². The van der Waals surface area contributed by atoms with Gasteiger partial charge in [-0.25, -0.2) is 13.2 Å². The predicted octanol–water partition coefficient (Wildman–Crippen LogP) is 5.52. The highest BCUT2D eigenvalue weighted by Gasteiger charge is 2.32. The van der Waals surface area contributed by atoms with Crippen LogP contribution in [0, 0.1) is 5.92 Å². The number of likely N-dealkylation sites (N-methyl/N-ethyl adjacent to an activating group) is 1. The summed E-state index contributed by atoms with van der Waals surface area (Å²) in [5.41, 5.74) is 1.16. The lowest BCUT2D eigenvalue weighted by Gasteiger charge is -2.35. The van der Waals surface area contributed by atoms with E-state index >= 15 is 0 Å². The van der Waals surface area contributed by atoms with Crippen LogP contribution in [-0.4, -0.2) is 93.4 Å². The number of sulfonamides is 1. The van der Waals surface area contributed by atoms with E-state index in [0.29, 0.717) is 35.9 Å². The second kappa shape index (κ2) is 17.1. The van der Waals surface area contributed by atoms with Crippen molar-refractivity contribution >= 4 is 44.7 Å². The van der Waals surface area contributed by atoms with Gasteiger partial charge in [-0.1, -0.05) is 13.0 Å². The number of hydrogen-bond acceptors (Lipinski definition) is 9. The number of carbonyl (C=O) groups excluding carboxylic acids is 2. The standard InChI is InChI=1S/C34H46N4O8S2/c1-23-20-38(24(2)22-39)33(40)29-19-27(36-34(41)35-26-11-14-28(44-5)15-12-26)13-16-30(29)46-25(3)9-6-7-17-45-31(23)21-37(4)48(42,43)32-10-8-18-47-32/h8,10-16,18-19,23-25,31,39H,6-7,9,17,20-22H2,1-5H3,(H2,35,36,41)/t23-,24-,25-,31+/m1/s1. The number of ether oxygens (including phenoxy) is 3. The van der Waals surface area contributed by atoms with E-state index in [9.17, 15) is 23.1 Å². The maximum Gasteiger partial charge on any atom is 0.323 e. The molecule has 1 aromatic heterocycles. The van der Waals surface area contributed by atoms with E-state index in [-0.39, 0.29) is 41.5 Å². The van der Waals surface area contributed by atoms with Crippen molar-refractivity contribution < 1.29 is 37.3 Å². The Kier molecular flexibility index (Phi) is 13.2. The number of urea groups is 1. The van der Waals surface area contributed by atoms with Crippen molar-refractivity contribution in [1.82, 2.24) is 9.21 Å². The third-order valence-corrected chi connectivity index (χ3v) is 11.5. The van der Waals surface area contributed by atoms with Crippen molar-refractivity contribution in [3.8, 4) is 11.5 Å². The summed E-state index contributed by atoms with van der Waals surface area (Å²) >= 11 is 1.15. The van der Waals surface area contributed by atoms with Crippen LogP contribution in [0.25, 0.3) is 0 Å². The number of methoxy groups -OCH3 is 1. The van der Waals surface area contributed by atoms with Gasteiger partial charge in [-0.05, 0) is 87.0 Å². The summed E-state index contributed by atoms with van der Waals surface area (Å²) in [6.07, 6.45) is 1.49. The van der Waals surface area contributed by atoms with Crippen molar-refractivity contribution in [1.29, 1.82) is 0 Å². The maximum absolute atomic E-state index is 14.3. The number of aliphatic hydroxyl groups excluding tert-OH is 1. The number of thiophene rings is 1. The molecular formula is C34H46N4O8S2. The van der Waals surface area contributed by atoms with Crippen LogP contribution < -0.4 is 20.1 Å². The van der Waals surface area contributed by atoms with Gasteiger partial charge in [0.05, 0.1) is 37.5 Å². The van der Waals surface area contributed by atoms with Gasteiger partial charge in [-0.2, -0.15) is 4.31 Å². The van der Waals surface area contributed by atoms with Crippen LogP contribution in [0.15, 0.2) is 64.2 Å². The van der Waals surface area contributed by atoms with E-state index in [1.807, 2.05) is 13.8 Å². The van der Waals surface area contributed by atoms with Gasteiger partial charge in [0.25, 0.3) is 15.9 Å². The first-order valence-electron chi connectivity index (χ1n) is 16.0. The van der Waals surface area contributed by atoms with Crippen molar-refractivity contribution in [2.45, 2.75) is 62.5 Å². The van der Waals surface area contributed by atoms with Crippen LogP contribution in [-0.2, 0) is 14.8 Å². The molecule has 1 aliphatic heterocycles. The molecule has 0 radical (unpaired) electrons. The summed E-state index contributed by atoms with van der Waals surface area (Å²) in [6, 6.07) is 14.0. The average molecular weight is 703 g/mol. The van der Waals surface area contributed by atoms with Crippen LogP contribution >= 0.6 is 11.3 Å². The third kappa shape index (κ3) is 9.69. The first kappa shape index (κ1) is 37.1. The van der Waals surface area contributed by atoms with E-state index in [1.54, 1.807) is 78.9 Å². The van der Waals surface area contributed by atoms with Crippen molar-refractivity contribution in [2.75, 3.05) is 51.1 Å². The molecule has 262 valence electrons. The molecule has 12 nitrogen and oxygen atoms in total. The molecule has 14 heteroatoms. The molecule has 0 bridgehead atoms. The minimum atomic E-state index is -3.72. The monoisotopic (exact) mass is 702 g/mol. The van der Waals surface area contributed by atoms with Crippen LogP contribution in [0.4, 0.5) is 16.2 Å². The number of fused-ring (bicyclic) bond motifs is 1. The van der Waals surface area contributed by atoms with Gasteiger partial charge in [0.15, 0.2) is 0 Å². The predicted molar refractivity (Wildman–Crippen MR) is 187 cm³/mol. The maximum atomic E-state index is 14.3. The molecule has 3 N–H and O–H groups in total. The molecule has 4 rings (SSSR count). The molecule has 0 unspecified atom stereocenters. The zero-order chi connectivity index (χ0) is 34.8. The Bertz CT molecular complexity index is 1600. The fourth-order valence-electron chi connectivity index (χ4n) is 5.35. The number of aliphatic hydroxyl groups is 1. The number of amides is 3. The average Bonchev–Trinajstić information content (AvgIpc) is 3.62. The lowest BCUT2D eigenvalue weighted by Crippen LogP contribution is -2.48. The van der Waals surface area contributed by atoms with E-state index in [2.05, 4.69) is 10.6 Å². The van der Waals surface area contributed by atoms with Crippen LogP contribution in [0.3, 0.4) is 0 Å². The normalized spacial score (nSPS) is 20.3. The van der Waals surface area contributed by atoms with E-state index in [4.69, 9.17) is 14.2 Å². The molecule has 48 heavy (non-hydrogen) atoms. The second-order valence-corrected chi connectivity index (χ2v) is 15.3. The van der Waals surface area contributed by atoms with Gasteiger partial charge in [-0.15, -0.1) is 11.3 Å². The van der Waals surface area contributed by atoms with Crippen molar-refractivity contribution in [2.24, 2.45) is 5.92 Å². The summed E-state index contributed by atoms with van der Waals surface area (Å²) in [4.78, 5) is 28.8. The minimum absolute atomic E-state index is 0.0877. The molecule has 0 saturated heterocycles. The first-order chi connectivity index (χ1) is 22.9. The second-order valence-electron chi connectivity index (χ2n) is 12.0. The minimum Gasteiger partial charge on any atom is -0.497 e. The molecule has 3 aromatic rings. The highest BCUT2D eigenvalue weighted by Crippen LogP contribution is 2.29. The molecule has 2 heterocycles. The Hall–Kier alpha value is -3.69. The summed E-state index contributed by atoms with van der Waals surface area (Å²) < 4.78 is 45.8. The summed E-state index contributed by atoms with van der Waals surface area (Å²) in [6.45, 7) is 5.96. The molecule has 2 aromatic carbocycles. The van der Waals surface area contributed by atoms with Crippen molar-refractivity contribution in [3.63, 3.8) is 0 Å². The zero-order valence-corrected chi connectivity index (χ0v) is 29.7. The van der Waals surface area contributed by atoms with Gasteiger partial charge >= 0.3 is 6.03 Å². The van der Waals surface area contributed by atoms with Crippen LogP contribution in [0.2, 0.25) is 0 Å². The Morgan fingerprint density at radius 1 is 1.12 bits per heavy atom. The number of benzene rings is 2. The lowest BCUT2D eigenvalue weighted by atomic mass is 10.0. The Morgan fingerprint density at radius 2 is 1.83 bits per heavy atom. The van der Waals surface area contributed by atoms with Crippen molar-refractivity contribution in [3.05, 3.63) is 65.5 Å². The smallest absolute Gasteiger partial charge is 0.323 e. The molecule has 0 spiro atoms. The quantitative estimate of drug-likeness (QED) is 0.264. The van der Waals surface area contributed by atoms with Gasteiger partial charge < -0.3 is 34.9 Å². The fourth-order valence-corrected chi connectivity index (χ4v) is 7.73. The highest BCUT2D eigenvalue weighted by atomic mass is 32.2. The number of carbonyl (C=O) groups is 2. The number of anilines is 2. The zero-order valence-electron chi connectivity index (χ0n) is 28.0. The number of nitrogens with zero attached hydrogens (tertiary/aromatic N) is 2. The molecule has 3 amide bonds. The van der Waals surface area contributed by atoms with E-state index in [1.165, 1.54) is 11.4 Å². The van der Waals surface area contributed by atoms with E-state index < -0.39 is 34.1 Å². The van der Waals surface area contributed by atoms with Gasteiger partial charge in [0.2, 0.25) is 0 Å². The third-order valence-electron chi connectivity index (χ3n) is 8.25. The Balaban J connectivity index is 1.61. The van der Waals surface area contributed by atoms with Crippen LogP contribution in [0.5, 0.6) is 11.5 Å². The Labute approximate surface area is 287 Å². The van der Waals surface area contributed by atoms with E-state index in [0.717, 1.165) is 24.2 Å². The Morgan fingerprint density at radius 3 is 2.50 bits per heavy atom. The summed E-state index contributed by atoms with van der Waals surface area (Å²) in [7, 11) is -0.628. The molecule has 4 atom stereocenters. The molecule has 0 fully saturated rings. The molecule has 0 aliphatic carbocycles. The van der Waals surface area contributed by atoms with Gasteiger partial charge in [-0.3, -0.25) is 4.79 Å². The molecule has 0 saturated carbocycles.